The minimum absolute atomic E-state index is 0.506. The summed E-state index contributed by atoms with van der Waals surface area (Å²) in [6, 6.07) is 0.506. The van der Waals surface area contributed by atoms with Crippen molar-refractivity contribution < 1.29 is 0 Å². The van der Waals surface area contributed by atoms with Crippen LogP contribution in [0.1, 0.15) is 6.42 Å². The Bertz CT molecular complexity index is 503. The van der Waals surface area contributed by atoms with Gasteiger partial charge in [-0.3, -0.25) is 0 Å². The predicted octanol–water partition coefficient (Wildman–Crippen LogP) is 1.28. The molecule has 1 N–H and O–H groups in total. The second kappa shape index (κ2) is 3.93. The molecule has 1 saturated heterocycles. The van der Waals surface area contributed by atoms with Gasteiger partial charge in [0.1, 0.15) is 5.52 Å². The Morgan fingerprint density at radius 2 is 2.44 bits per heavy atom. The van der Waals surface area contributed by atoms with Crippen LogP contribution in [0.25, 0.3) is 11.2 Å². The van der Waals surface area contributed by atoms with Gasteiger partial charge < -0.3 is 9.88 Å². The molecule has 0 radical (unpaired) electrons. The maximum atomic E-state index is 4.40. The van der Waals surface area contributed by atoms with E-state index in [1.807, 2.05) is 29.6 Å². The summed E-state index contributed by atoms with van der Waals surface area (Å²) in [5.41, 5.74) is 1.72. The van der Waals surface area contributed by atoms with Gasteiger partial charge >= 0.3 is 0 Å². The molecule has 0 spiro atoms. The Kier molecular flexibility index (Phi) is 2.43. The molecule has 6 heteroatoms. The Hall–Kier alpha value is -1.30. The van der Waals surface area contributed by atoms with Gasteiger partial charge in [-0.25, -0.2) is 9.97 Å². The quantitative estimate of drug-likeness (QED) is 0.849. The van der Waals surface area contributed by atoms with Crippen LogP contribution in [0.15, 0.2) is 12.5 Å². The van der Waals surface area contributed by atoms with Crippen LogP contribution >= 0.6 is 11.8 Å². The number of nitrogens with zero attached hydrogens (tertiary/aromatic N) is 4. The first-order valence-electron chi connectivity index (χ1n) is 5.31. The molecule has 1 aliphatic rings. The summed E-state index contributed by atoms with van der Waals surface area (Å²) in [6.45, 7) is 0. The molecule has 16 heavy (non-hydrogen) atoms. The predicted molar refractivity (Wildman–Crippen MR) is 65.7 cm³/mol. The third-order valence-corrected chi connectivity index (χ3v) is 3.91. The van der Waals surface area contributed by atoms with Crippen molar-refractivity contribution in [2.75, 3.05) is 16.8 Å². The summed E-state index contributed by atoms with van der Waals surface area (Å²) in [5.74, 6) is 3.06. The van der Waals surface area contributed by atoms with Gasteiger partial charge in [0.25, 0.3) is 0 Å². The van der Waals surface area contributed by atoms with E-state index >= 15 is 0 Å². The third-order valence-electron chi connectivity index (χ3n) is 2.75. The number of fused-ring (bicyclic) bond motifs is 1. The molecule has 5 nitrogen and oxygen atoms in total. The molecule has 1 fully saturated rings. The Morgan fingerprint density at radius 3 is 3.25 bits per heavy atom. The lowest BCUT2D eigenvalue weighted by Crippen LogP contribution is -2.19. The average molecular weight is 235 g/mol. The van der Waals surface area contributed by atoms with Crippen LogP contribution in [0.3, 0.4) is 0 Å². The fraction of sp³-hybridized carbons (Fsp3) is 0.500. The molecule has 84 valence electrons. The summed E-state index contributed by atoms with van der Waals surface area (Å²) in [5, 5.41) is 3.35. The number of nitrogens with one attached hydrogen (secondary N) is 1. The van der Waals surface area contributed by atoms with Crippen LogP contribution in [0.2, 0.25) is 0 Å². The van der Waals surface area contributed by atoms with Gasteiger partial charge in [0.2, 0.25) is 5.95 Å². The number of imidazole rings is 1. The van der Waals surface area contributed by atoms with Gasteiger partial charge in [0.15, 0.2) is 5.65 Å². The molecule has 0 bridgehead atoms. The standard InChI is InChI=1S/C10H13N5S/c1-15-6-12-9-8(15)4-11-10(14-9)13-7-2-3-16-5-7/h4,6-7H,2-3,5H2,1H3,(H,11,13,14). The topological polar surface area (TPSA) is 55.6 Å². The number of aromatic nitrogens is 4. The summed E-state index contributed by atoms with van der Waals surface area (Å²) in [7, 11) is 1.94. The Balaban J connectivity index is 1.87. The highest BCUT2D eigenvalue weighted by atomic mass is 32.2. The van der Waals surface area contributed by atoms with E-state index in [1.54, 1.807) is 6.33 Å². The van der Waals surface area contributed by atoms with Crippen molar-refractivity contribution in [3.63, 3.8) is 0 Å². The number of aryl methyl sites for hydroxylation is 1. The molecule has 3 rings (SSSR count). The minimum atomic E-state index is 0.506. The first kappa shape index (κ1) is 9.89. The van der Waals surface area contributed by atoms with E-state index in [0.717, 1.165) is 16.9 Å². The van der Waals surface area contributed by atoms with E-state index in [0.29, 0.717) is 12.0 Å². The lowest BCUT2D eigenvalue weighted by molar-refractivity contribution is 0.799. The molecule has 2 aromatic rings. The molecule has 3 heterocycles. The highest BCUT2D eigenvalue weighted by molar-refractivity contribution is 7.99. The third kappa shape index (κ3) is 1.73. The Labute approximate surface area is 97.7 Å². The maximum Gasteiger partial charge on any atom is 0.225 e. The maximum absolute atomic E-state index is 4.40. The van der Waals surface area contributed by atoms with E-state index in [2.05, 4.69) is 20.3 Å². The van der Waals surface area contributed by atoms with Crippen molar-refractivity contribution in [1.82, 2.24) is 19.5 Å². The van der Waals surface area contributed by atoms with E-state index in [4.69, 9.17) is 0 Å². The number of anilines is 1. The monoisotopic (exact) mass is 235 g/mol. The summed E-state index contributed by atoms with van der Waals surface area (Å²) >= 11 is 1.97. The van der Waals surface area contributed by atoms with Crippen LogP contribution in [0.5, 0.6) is 0 Å². The molecule has 0 aliphatic carbocycles. The van der Waals surface area contributed by atoms with Gasteiger partial charge in [0, 0.05) is 18.8 Å². The Morgan fingerprint density at radius 1 is 1.50 bits per heavy atom. The molecule has 0 saturated carbocycles. The van der Waals surface area contributed by atoms with Crippen molar-refractivity contribution in [1.29, 1.82) is 0 Å². The zero-order valence-electron chi connectivity index (χ0n) is 9.05. The van der Waals surface area contributed by atoms with Gasteiger partial charge in [-0.15, -0.1) is 0 Å². The lowest BCUT2D eigenvalue weighted by Gasteiger charge is -2.10. The second-order valence-corrected chi connectivity index (χ2v) is 5.11. The van der Waals surface area contributed by atoms with Crippen LogP contribution in [0.4, 0.5) is 5.95 Å². The van der Waals surface area contributed by atoms with Crippen molar-refractivity contribution in [2.45, 2.75) is 12.5 Å². The summed E-state index contributed by atoms with van der Waals surface area (Å²) in [6.07, 6.45) is 4.77. The smallest absolute Gasteiger partial charge is 0.225 e. The second-order valence-electron chi connectivity index (χ2n) is 3.96. The van der Waals surface area contributed by atoms with Gasteiger partial charge in [0.05, 0.1) is 12.5 Å². The molecule has 0 amide bonds. The van der Waals surface area contributed by atoms with E-state index in [1.165, 1.54) is 12.2 Å². The van der Waals surface area contributed by atoms with E-state index in [-0.39, 0.29) is 0 Å². The number of hydrogen-bond acceptors (Lipinski definition) is 5. The molecule has 1 atom stereocenters. The minimum Gasteiger partial charge on any atom is -0.351 e. The van der Waals surface area contributed by atoms with Crippen LogP contribution in [-0.4, -0.2) is 37.1 Å². The van der Waals surface area contributed by atoms with Crippen molar-refractivity contribution >= 4 is 28.9 Å². The highest BCUT2D eigenvalue weighted by Gasteiger charge is 2.16. The first-order chi connectivity index (χ1) is 7.83. The normalized spacial score (nSPS) is 20.4. The molecule has 2 aromatic heterocycles. The molecule has 1 unspecified atom stereocenters. The van der Waals surface area contributed by atoms with Crippen molar-refractivity contribution in [2.24, 2.45) is 7.05 Å². The van der Waals surface area contributed by atoms with Crippen LogP contribution in [0, 0.1) is 0 Å². The van der Waals surface area contributed by atoms with Crippen molar-refractivity contribution in [3.8, 4) is 0 Å². The summed E-state index contributed by atoms with van der Waals surface area (Å²) in [4.78, 5) is 12.9. The fourth-order valence-corrected chi connectivity index (χ4v) is 2.97. The van der Waals surface area contributed by atoms with Gasteiger partial charge in [-0.1, -0.05) is 0 Å². The van der Waals surface area contributed by atoms with Crippen LogP contribution in [-0.2, 0) is 7.05 Å². The number of rotatable bonds is 2. The molecular formula is C10H13N5S. The van der Waals surface area contributed by atoms with Gasteiger partial charge in [-0.2, -0.15) is 16.7 Å². The molecular weight excluding hydrogens is 222 g/mol. The van der Waals surface area contributed by atoms with E-state index in [9.17, 15) is 0 Å². The van der Waals surface area contributed by atoms with Crippen LogP contribution < -0.4 is 5.32 Å². The van der Waals surface area contributed by atoms with E-state index < -0.39 is 0 Å². The number of hydrogen-bond donors (Lipinski definition) is 1. The lowest BCUT2D eigenvalue weighted by atomic mass is 10.3. The number of thioether (sulfide) groups is 1. The van der Waals surface area contributed by atoms with Crippen molar-refractivity contribution in [3.05, 3.63) is 12.5 Å². The fourth-order valence-electron chi connectivity index (χ4n) is 1.81. The molecule has 0 aromatic carbocycles. The average Bonchev–Trinajstić information content (AvgIpc) is 2.90. The highest BCUT2D eigenvalue weighted by Crippen LogP contribution is 2.20. The largest absolute Gasteiger partial charge is 0.351 e. The SMILES string of the molecule is Cn1cnc2nc(NC3CCSC3)ncc21. The molecule has 1 aliphatic heterocycles. The zero-order chi connectivity index (χ0) is 11.0. The first-order valence-corrected chi connectivity index (χ1v) is 6.47. The van der Waals surface area contributed by atoms with Gasteiger partial charge in [-0.05, 0) is 12.2 Å². The zero-order valence-corrected chi connectivity index (χ0v) is 9.87. The summed E-state index contributed by atoms with van der Waals surface area (Å²) < 4.78 is 1.92.